The van der Waals surface area contributed by atoms with Gasteiger partial charge >= 0.3 is 0 Å². The molecular formula is C12H17N3OS. The van der Waals surface area contributed by atoms with Crippen molar-refractivity contribution in [2.75, 3.05) is 13.1 Å². The van der Waals surface area contributed by atoms with Gasteiger partial charge in [0.25, 0.3) is 5.91 Å². The molecule has 0 aromatic carbocycles. The summed E-state index contributed by atoms with van der Waals surface area (Å²) in [5.41, 5.74) is 6.02. The monoisotopic (exact) mass is 251 g/mol. The van der Waals surface area contributed by atoms with Crippen LogP contribution >= 0.6 is 11.3 Å². The fraction of sp³-hybridized carbons (Fsp3) is 0.500. The Labute approximate surface area is 105 Å². The fourth-order valence-electron chi connectivity index (χ4n) is 1.72. The summed E-state index contributed by atoms with van der Waals surface area (Å²) < 4.78 is 0. The van der Waals surface area contributed by atoms with E-state index in [9.17, 15) is 4.79 Å². The van der Waals surface area contributed by atoms with Gasteiger partial charge in [-0.1, -0.05) is 6.08 Å². The molecule has 1 amide bonds. The van der Waals surface area contributed by atoms with Crippen molar-refractivity contribution >= 4 is 17.2 Å². The van der Waals surface area contributed by atoms with Crippen LogP contribution in [0.3, 0.4) is 0 Å². The lowest BCUT2D eigenvalue weighted by Gasteiger charge is -2.19. The summed E-state index contributed by atoms with van der Waals surface area (Å²) in [4.78, 5) is 18.4. The number of hydrogen-bond acceptors (Lipinski definition) is 4. The highest BCUT2D eigenvalue weighted by Gasteiger charge is 2.33. The molecule has 0 saturated heterocycles. The van der Waals surface area contributed by atoms with E-state index in [0.717, 1.165) is 24.3 Å². The highest BCUT2D eigenvalue weighted by Crippen LogP contribution is 2.28. The smallest absolute Gasteiger partial charge is 0.273 e. The van der Waals surface area contributed by atoms with E-state index in [1.54, 1.807) is 6.08 Å². The summed E-state index contributed by atoms with van der Waals surface area (Å²) in [7, 11) is 0. The van der Waals surface area contributed by atoms with Crippen LogP contribution in [0.4, 0.5) is 0 Å². The number of nitrogens with zero attached hydrogens (tertiary/aromatic N) is 2. The lowest BCUT2D eigenvalue weighted by Crippen LogP contribution is -2.33. The Bertz CT molecular complexity index is 412. The van der Waals surface area contributed by atoms with Gasteiger partial charge in [0, 0.05) is 24.4 Å². The number of nitrogens with two attached hydrogens (primary N) is 1. The lowest BCUT2D eigenvalue weighted by atomic mass is 10.3. The minimum absolute atomic E-state index is 0.0203. The average Bonchev–Trinajstić information content (AvgIpc) is 3.06. The molecule has 0 bridgehead atoms. The van der Waals surface area contributed by atoms with Crippen molar-refractivity contribution in [2.24, 2.45) is 5.73 Å². The average molecular weight is 251 g/mol. The summed E-state index contributed by atoms with van der Waals surface area (Å²) in [5.74, 6) is 0.0203. The molecule has 1 aromatic rings. The van der Waals surface area contributed by atoms with Crippen LogP contribution in [0.1, 0.15) is 28.3 Å². The lowest BCUT2D eigenvalue weighted by molar-refractivity contribution is 0.0757. The fourth-order valence-corrected chi connectivity index (χ4v) is 2.51. The SMILES string of the molecule is C=CCN(C(=O)c1csc(CCN)n1)C1CC1. The summed E-state index contributed by atoms with van der Waals surface area (Å²) >= 11 is 1.51. The third kappa shape index (κ3) is 2.92. The second kappa shape index (κ2) is 5.42. The van der Waals surface area contributed by atoms with Crippen molar-refractivity contribution in [3.63, 3.8) is 0 Å². The van der Waals surface area contributed by atoms with E-state index in [1.165, 1.54) is 11.3 Å². The Hall–Kier alpha value is -1.20. The van der Waals surface area contributed by atoms with Gasteiger partial charge in [-0.25, -0.2) is 4.98 Å². The van der Waals surface area contributed by atoms with Crippen molar-refractivity contribution in [2.45, 2.75) is 25.3 Å². The molecule has 1 heterocycles. The van der Waals surface area contributed by atoms with Gasteiger partial charge in [-0.3, -0.25) is 4.79 Å². The van der Waals surface area contributed by atoms with Gasteiger partial charge in [-0.2, -0.15) is 0 Å². The van der Waals surface area contributed by atoms with E-state index in [2.05, 4.69) is 11.6 Å². The molecule has 0 unspecified atom stereocenters. The van der Waals surface area contributed by atoms with Crippen LogP contribution in [0.15, 0.2) is 18.0 Å². The van der Waals surface area contributed by atoms with Crippen LogP contribution in [-0.4, -0.2) is 34.9 Å². The summed E-state index contributed by atoms with van der Waals surface area (Å²) in [5, 5.41) is 2.76. The maximum Gasteiger partial charge on any atom is 0.273 e. The van der Waals surface area contributed by atoms with Crippen LogP contribution < -0.4 is 5.73 Å². The third-order valence-corrected chi connectivity index (χ3v) is 3.61. The largest absolute Gasteiger partial charge is 0.331 e. The number of aromatic nitrogens is 1. The van der Waals surface area contributed by atoms with Crippen LogP contribution in [-0.2, 0) is 6.42 Å². The van der Waals surface area contributed by atoms with Gasteiger partial charge < -0.3 is 10.6 Å². The predicted octanol–water partition coefficient (Wildman–Crippen LogP) is 1.43. The van der Waals surface area contributed by atoms with E-state index in [-0.39, 0.29) is 5.91 Å². The molecule has 0 atom stereocenters. The van der Waals surface area contributed by atoms with Gasteiger partial charge in [0.05, 0.1) is 5.01 Å². The molecule has 0 radical (unpaired) electrons. The topological polar surface area (TPSA) is 59.2 Å². The molecule has 1 aliphatic carbocycles. The Morgan fingerprint density at radius 3 is 3.06 bits per heavy atom. The maximum absolute atomic E-state index is 12.2. The zero-order valence-corrected chi connectivity index (χ0v) is 10.6. The molecule has 1 fully saturated rings. The molecule has 1 aromatic heterocycles. The molecule has 92 valence electrons. The van der Waals surface area contributed by atoms with E-state index in [4.69, 9.17) is 5.73 Å². The van der Waals surface area contributed by atoms with Crippen molar-refractivity contribution in [1.82, 2.24) is 9.88 Å². The predicted molar refractivity (Wildman–Crippen MR) is 69.1 cm³/mol. The quantitative estimate of drug-likeness (QED) is 0.778. The zero-order chi connectivity index (χ0) is 12.3. The minimum Gasteiger partial charge on any atom is -0.331 e. The second-order valence-corrected chi connectivity index (χ2v) is 5.09. The first-order chi connectivity index (χ1) is 8.26. The van der Waals surface area contributed by atoms with Gasteiger partial charge in [0.2, 0.25) is 0 Å². The van der Waals surface area contributed by atoms with Crippen LogP contribution in [0.5, 0.6) is 0 Å². The molecule has 4 nitrogen and oxygen atoms in total. The summed E-state index contributed by atoms with van der Waals surface area (Å²) in [6.07, 6.45) is 4.70. The Morgan fingerprint density at radius 2 is 2.47 bits per heavy atom. The first kappa shape index (κ1) is 12.3. The normalized spacial score (nSPS) is 14.6. The maximum atomic E-state index is 12.2. The van der Waals surface area contributed by atoms with Gasteiger partial charge in [0.1, 0.15) is 5.69 Å². The highest BCUT2D eigenvalue weighted by molar-refractivity contribution is 7.09. The molecule has 1 saturated carbocycles. The van der Waals surface area contributed by atoms with Crippen molar-refractivity contribution in [3.05, 3.63) is 28.7 Å². The third-order valence-electron chi connectivity index (χ3n) is 2.70. The molecule has 5 heteroatoms. The highest BCUT2D eigenvalue weighted by atomic mass is 32.1. The Morgan fingerprint density at radius 1 is 1.71 bits per heavy atom. The van der Waals surface area contributed by atoms with Crippen LogP contribution in [0.2, 0.25) is 0 Å². The Kier molecular flexibility index (Phi) is 3.91. The molecule has 0 aliphatic heterocycles. The summed E-state index contributed by atoms with van der Waals surface area (Å²) in [6.45, 7) is 4.87. The number of carbonyl (C=O) groups is 1. The van der Waals surface area contributed by atoms with Crippen molar-refractivity contribution in [1.29, 1.82) is 0 Å². The molecule has 0 spiro atoms. The Balaban J connectivity index is 2.07. The van der Waals surface area contributed by atoms with E-state index < -0.39 is 0 Å². The van der Waals surface area contributed by atoms with Gasteiger partial charge in [-0.15, -0.1) is 17.9 Å². The van der Waals surface area contributed by atoms with Crippen molar-refractivity contribution < 1.29 is 4.79 Å². The molecule has 1 aliphatic rings. The van der Waals surface area contributed by atoms with Gasteiger partial charge in [-0.05, 0) is 19.4 Å². The second-order valence-electron chi connectivity index (χ2n) is 4.14. The van der Waals surface area contributed by atoms with E-state index in [1.807, 2.05) is 10.3 Å². The number of thiazole rings is 1. The van der Waals surface area contributed by atoms with Gasteiger partial charge in [0.15, 0.2) is 0 Å². The number of carbonyl (C=O) groups excluding carboxylic acids is 1. The molecular weight excluding hydrogens is 234 g/mol. The first-order valence-corrected chi connectivity index (χ1v) is 6.70. The standard InChI is InChI=1S/C12H17N3OS/c1-2-7-15(9-3-4-9)12(16)10-8-17-11(14-10)5-6-13/h2,8-9H,1,3-7,13H2. The first-order valence-electron chi connectivity index (χ1n) is 5.82. The number of rotatable bonds is 6. The molecule has 17 heavy (non-hydrogen) atoms. The number of amides is 1. The van der Waals surface area contributed by atoms with E-state index in [0.29, 0.717) is 24.8 Å². The zero-order valence-electron chi connectivity index (χ0n) is 9.76. The van der Waals surface area contributed by atoms with Crippen LogP contribution in [0, 0.1) is 0 Å². The summed E-state index contributed by atoms with van der Waals surface area (Å²) in [6, 6.07) is 0.389. The molecule has 2 N–H and O–H groups in total. The molecule has 2 rings (SSSR count). The van der Waals surface area contributed by atoms with Crippen molar-refractivity contribution in [3.8, 4) is 0 Å². The minimum atomic E-state index is 0.0203. The van der Waals surface area contributed by atoms with E-state index >= 15 is 0 Å². The number of hydrogen-bond donors (Lipinski definition) is 1. The van der Waals surface area contributed by atoms with Crippen LogP contribution in [0.25, 0.3) is 0 Å².